The first kappa shape index (κ1) is 25.0. The summed E-state index contributed by atoms with van der Waals surface area (Å²) in [5.74, 6) is 1.34. The van der Waals surface area contributed by atoms with Gasteiger partial charge in [-0.25, -0.2) is 0 Å². The fourth-order valence-corrected chi connectivity index (χ4v) is 6.03. The molecule has 1 saturated heterocycles. The van der Waals surface area contributed by atoms with Crippen LogP contribution in [0.2, 0.25) is 0 Å². The van der Waals surface area contributed by atoms with Crippen molar-refractivity contribution in [1.82, 2.24) is 9.27 Å². The third-order valence-electron chi connectivity index (χ3n) is 8.24. The maximum Gasteiger partial charge on any atom is 0.233 e. The molecule has 3 aromatic rings. The first-order valence-corrected chi connectivity index (χ1v) is 12.7. The van der Waals surface area contributed by atoms with E-state index in [2.05, 4.69) is 80.0 Å². The third kappa shape index (κ3) is 4.00. The quantitative estimate of drug-likeness (QED) is 0.485. The summed E-state index contributed by atoms with van der Waals surface area (Å²) in [6.45, 7) is 13.8. The van der Waals surface area contributed by atoms with E-state index in [1.165, 1.54) is 21.2 Å². The average molecular weight is 499 g/mol. The molecule has 0 N–H and O–H groups in total. The van der Waals surface area contributed by atoms with Gasteiger partial charge < -0.3 is 9.80 Å². The molecule has 2 aromatic carbocycles. The SMILES string of the molecule is CN1C(=O)C(C)(C)C(C)(C)c2cc(CCN3CCN(c4nsc5ccccc45)CC3)ccc21.Cl. The Labute approximate surface area is 213 Å². The van der Waals surface area contributed by atoms with Crippen LogP contribution < -0.4 is 9.80 Å². The number of halogens is 1. The number of piperazine rings is 1. The van der Waals surface area contributed by atoms with E-state index < -0.39 is 5.41 Å². The molecule has 1 aromatic heterocycles. The van der Waals surface area contributed by atoms with Gasteiger partial charge in [-0.3, -0.25) is 9.69 Å². The maximum atomic E-state index is 12.9. The number of rotatable bonds is 4. The summed E-state index contributed by atoms with van der Waals surface area (Å²) in [5.41, 5.74) is 3.06. The molecule has 2 aliphatic rings. The van der Waals surface area contributed by atoms with Crippen LogP contribution in [0.15, 0.2) is 42.5 Å². The highest BCUT2D eigenvalue weighted by Crippen LogP contribution is 2.50. The van der Waals surface area contributed by atoms with Crippen molar-refractivity contribution in [3.05, 3.63) is 53.6 Å². The molecule has 0 aliphatic carbocycles. The Bertz CT molecular complexity index is 1200. The normalized spacial score (nSPS) is 19.7. The predicted octanol–water partition coefficient (Wildman–Crippen LogP) is 5.36. The van der Waals surface area contributed by atoms with Crippen LogP contribution in [0.3, 0.4) is 0 Å². The van der Waals surface area contributed by atoms with E-state index in [4.69, 9.17) is 4.37 Å². The summed E-state index contributed by atoms with van der Waals surface area (Å²) in [6.07, 6.45) is 1.03. The Kier molecular flexibility index (Phi) is 6.71. The van der Waals surface area contributed by atoms with E-state index in [-0.39, 0.29) is 23.7 Å². The van der Waals surface area contributed by atoms with Crippen LogP contribution in [0.4, 0.5) is 11.5 Å². The highest BCUT2D eigenvalue weighted by Gasteiger charge is 2.50. The fourth-order valence-electron chi connectivity index (χ4n) is 5.24. The molecule has 5 rings (SSSR count). The zero-order valence-corrected chi connectivity index (χ0v) is 22.4. The molecule has 5 nitrogen and oxygen atoms in total. The highest BCUT2D eigenvalue weighted by molar-refractivity contribution is 7.13. The van der Waals surface area contributed by atoms with Gasteiger partial charge in [0.1, 0.15) is 5.82 Å². The molecule has 0 atom stereocenters. The van der Waals surface area contributed by atoms with Gasteiger partial charge in [0.2, 0.25) is 5.91 Å². The second-order valence-electron chi connectivity index (χ2n) is 10.5. The second kappa shape index (κ2) is 9.14. The number of aromatic nitrogens is 1. The van der Waals surface area contributed by atoms with E-state index in [0.29, 0.717) is 0 Å². The van der Waals surface area contributed by atoms with Crippen LogP contribution in [0, 0.1) is 5.41 Å². The zero-order valence-electron chi connectivity index (χ0n) is 20.8. The van der Waals surface area contributed by atoms with Crippen molar-refractivity contribution >= 4 is 51.4 Å². The highest BCUT2D eigenvalue weighted by atomic mass is 35.5. The van der Waals surface area contributed by atoms with E-state index in [0.717, 1.165) is 50.6 Å². The summed E-state index contributed by atoms with van der Waals surface area (Å²) in [7, 11) is 1.91. The van der Waals surface area contributed by atoms with Crippen molar-refractivity contribution in [2.45, 2.75) is 39.5 Å². The van der Waals surface area contributed by atoms with Crippen LogP contribution >= 0.6 is 23.9 Å². The summed E-state index contributed by atoms with van der Waals surface area (Å²) >= 11 is 1.60. The summed E-state index contributed by atoms with van der Waals surface area (Å²) in [5, 5.41) is 1.28. The van der Waals surface area contributed by atoms with Gasteiger partial charge in [-0.05, 0) is 47.3 Å². The van der Waals surface area contributed by atoms with Gasteiger partial charge >= 0.3 is 0 Å². The van der Waals surface area contributed by atoms with Crippen LogP contribution in [-0.4, -0.2) is 55.0 Å². The number of hydrogen-bond donors (Lipinski definition) is 0. The number of amides is 1. The maximum absolute atomic E-state index is 12.9. The topological polar surface area (TPSA) is 39.7 Å². The van der Waals surface area contributed by atoms with Crippen molar-refractivity contribution < 1.29 is 4.79 Å². The van der Waals surface area contributed by atoms with Gasteiger partial charge in [-0.2, -0.15) is 4.37 Å². The van der Waals surface area contributed by atoms with Crippen LogP contribution in [-0.2, 0) is 16.6 Å². The zero-order chi connectivity index (χ0) is 23.4. The number of nitrogens with zero attached hydrogens (tertiary/aromatic N) is 4. The Morgan fingerprint density at radius 3 is 2.41 bits per heavy atom. The summed E-state index contributed by atoms with van der Waals surface area (Å²) < 4.78 is 6.00. The third-order valence-corrected chi connectivity index (χ3v) is 9.06. The number of anilines is 2. The van der Waals surface area contributed by atoms with Gasteiger partial charge in [0.05, 0.1) is 10.1 Å². The molecule has 1 amide bonds. The second-order valence-corrected chi connectivity index (χ2v) is 11.4. The Morgan fingerprint density at radius 2 is 1.68 bits per heavy atom. The van der Waals surface area contributed by atoms with Crippen molar-refractivity contribution in [1.29, 1.82) is 0 Å². The van der Waals surface area contributed by atoms with E-state index in [1.54, 1.807) is 11.5 Å². The number of carbonyl (C=O) groups excluding carboxylic acids is 1. The molecule has 7 heteroatoms. The lowest BCUT2D eigenvalue weighted by molar-refractivity contribution is -0.130. The smallest absolute Gasteiger partial charge is 0.233 e. The van der Waals surface area contributed by atoms with Crippen molar-refractivity contribution in [3.8, 4) is 0 Å². The van der Waals surface area contributed by atoms with E-state index in [1.807, 2.05) is 11.9 Å². The lowest BCUT2D eigenvalue weighted by Gasteiger charge is -2.49. The van der Waals surface area contributed by atoms with Crippen LogP contribution in [0.5, 0.6) is 0 Å². The van der Waals surface area contributed by atoms with Crippen molar-refractivity contribution in [3.63, 3.8) is 0 Å². The van der Waals surface area contributed by atoms with Crippen LogP contribution in [0.1, 0.15) is 38.8 Å². The van der Waals surface area contributed by atoms with Crippen molar-refractivity contribution in [2.75, 3.05) is 49.6 Å². The number of hydrogen-bond acceptors (Lipinski definition) is 5. The largest absolute Gasteiger partial charge is 0.353 e. The Hall–Kier alpha value is -2.15. The Balaban J connectivity index is 0.00000274. The van der Waals surface area contributed by atoms with Crippen molar-refractivity contribution in [2.24, 2.45) is 5.41 Å². The van der Waals surface area contributed by atoms with Gasteiger partial charge in [-0.15, -0.1) is 12.4 Å². The molecule has 0 bridgehead atoms. The fraction of sp³-hybridized carbons (Fsp3) is 0.481. The Morgan fingerprint density at radius 1 is 0.971 bits per heavy atom. The van der Waals surface area contributed by atoms with Gasteiger partial charge in [0, 0.05) is 56.3 Å². The number of carbonyl (C=O) groups is 1. The monoisotopic (exact) mass is 498 g/mol. The molecular weight excluding hydrogens is 464 g/mol. The van der Waals surface area contributed by atoms with Crippen LogP contribution in [0.25, 0.3) is 10.1 Å². The molecule has 0 unspecified atom stereocenters. The molecular formula is C27H35ClN4OS. The lowest BCUT2D eigenvalue weighted by Crippen LogP contribution is -2.54. The molecule has 0 spiro atoms. The average Bonchev–Trinajstić information content (AvgIpc) is 3.25. The van der Waals surface area contributed by atoms with Gasteiger partial charge in [0.15, 0.2) is 0 Å². The molecule has 1 fully saturated rings. The minimum absolute atomic E-state index is 0. The minimum atomic E-state index is -0.427. The molecule has 182 valence electrons. The lowest BCUT2D eigenvalue weighted by atomic mass is 9.60. The van der Waals surface area contributed by atoms with E-state index in [9.17, 15) is 4.79 Å². The molecule has 0 saturated carbocycles. The number of fused-ring (bicyclic) bond motifs is 2. The van der Waals surface area contributed by atoms with Gasteiger partial charge in [0.25, 0.3) is 0 Å². The summed E-state index contributed by atoms with van der Waals surface area (Å²) in [4.78, 5) is 19.8. The van der Waals surface area contributed by atoms with E-state index >= 15 is 0 Å². The van der Waals surface area contributed by atoms with Gasteiger partial charge in [-0.1, -0.05) is 52.0 Å². The summed E-state index contributed by atoms with van der Waals surface area (Å²) in [6, 6.07) is 15.2. The molecule has 0 radical (unpaired) electrons. The molecule has 34 heavy (non-hydrogen) atoms. The predicted molar refractivity (Wildman–Crippen MR) is 146 cm³/mol. The standard InChI is InChI=1S/C27H34N4OS.ClH/c1-26(2)21-18-19(10-11-22(21)29(5)25(32)27(26,3)4)12-13-30-14-16-31(17-15-30)24-20-8-6-7-9-23(20)33-28-24;/h6-11,18H,12-17H2,1-5H3;1H. The first-order valence-electron chi connectivity index (χ1n) is 11.9. The number of benzene rings is 2. The first-order chi connectivity index (χ1) is 15.7. The molecule has 3 heterocycles. The molecule has 2 aliphatic heterocycles. The minimum Gasteiger partial charge on any atom is -0.353 e.